The normalized spacial score (nSPS) is 14.2. The molecule has 2 nitrogen and oxygen atoms in total. The van der Waals surface area contributed by atoms with Crippen LogP contribution in [0.1, 0.15) is 30.9 Å². The number of hydrogen-bond acceptors (Lipinski definition) is 2. The van der Waals surface area contributed by atoms with Crippen LogP contribution in [0.25, 0.3) is 0 Å². The minimum absolute atomic E-state index is 0.699. The van der Waals surface area contributed by atoms with Crippen molar-refractivity contribution in [3.05, 3.63) is 58.1 Å². The fraction of sp³-hybridized carbons (Fsp3) is 0.333. The number of nitrogens with one attached hydrogen (secondary N) is 1. The Morgan fingerprint density at radius 1 is 1.14 bits per heavy atom. The lowest BCUT2D eigenvalue weighted by Gasteiger charge is -2.13. The molecular formula is C18H20BrNO. The van der Waals surface area contributed by atoms with Crippen LogP contribution in [-0.4, -0.2) is 6.04 Å². The predicted octanol–water partition coefficient (Wildman–Crippen LogP) is 5.06. The van der Waals surface area contributed by atoms with Gasteiger partial charge in [-0.05, 0) is 49.1 Å². The minimum atomic E-state index is 0.699. The first-order chi connectivity index (χ1) is 10.2. The maximum Gasteiger partial charge on any atom is 0.133 e. The summed E-state index contributed by atoms with van der Waals surface area (Å²) >= 11 is 3.52. The molecule has 0 radical (unpaired) electrons. The third kappa shape index (κ3) is 4.08. The van der Waals surface area contributed by atoms with Crippen LogP contribution < -0.4 is 10.1 Å². The topological polar surface area (TPSA) is 21.3 Å². The molecule has 1 aliphatic rings. The Bertz CT molecular complexity index is 605. The summed E-state index contributed by atoms with van der Waals surface area (Å²) in [5.41, 5.74) is 2.52. The van der Waals surface area contributed by atoms with Crippen molar-refractivity contribution in [2.24, 2.45) is 0 Å². The van der Waals surface area contributed by atoms with E-state index in [-0.39, 0.29) is 0 Å². The summed E-state index contributed by atoms with van der Waals surface area (Å²) < 4.78 is 7.11. The van der Waals surface area contributed by atoms with Gasteiger partial charge in [0.1, 0.15) is 11.5 Å². The second-order valence-corrected chi connectivity index (χ2v) is 6.42. The molecule has 2 aromatic rings. The van der Waals surface area contributed by atoms with E-state index in [1.165, 1.54) is 24.0 Å². The smallest absolute Gasteiger partial charge is 0.133 e. The van der Waals surface area contributed by atoms with Crippen LogP contribution in [0.5, 0.6) is 11.5 Å². The number of halogens is 1. The van der Waals surface area contributed by atoms with Gasteiger partial charge in [0.25, 0.3) is 0 Å². The Balaban J connectivity index is 1.76. The number of hydrogen-bond donors (Lipinski definition) is 1. The average molecular weight is 346 g/mol. The number of benzene rings is 2. The van der Waals surface area contributed by atoms with E-state index in [0.717, 1.165) is 28.9 Å². The fourth-order valence-electron chi connectivity index (χ4n) is 2.23. The molecule has 0 amide bonds. The highest BCUT2D eigenvalue weighted by atomic mass is 79.9. The van der Waals surface area contributed by atoms with E-state index in [9.17, 15) is 0 Å². The van der Waals surface area contributed by atoms with Gasteiger partial charge >= 0.3 is 0 Å². The van der Waals surface area contributed by atoms with E-state index >= 15 is 0 Å². The zero-order chi connectivity index (χ0) is 14.7. The Morgan fingerprint density at radius 3 is 2.57 bits per heavy atom. The Morgan fingerprint density at radius 2 is 1.90 bits per heavy atom. The summed E-state index contributed by atoms with van der Waals surface area (Å²) in [6, 6.07) is 15.2. The highest BCUT2D eigenvalue weighted by molar-refractivity contribution is 9.10. The van der Waals surface area contributed by atoms with Gasteiger partial charge in [0, 0.05) is 22.6 Å². The fourth-order valence-corrected chi connectivity index (χ4v) is 2.57. The van der Waals surface area contributed by atoms with E-state index in [2.05, 4.69) is 52.4 Å². The van der Waals surface area contributed by atoms with Crippen molar-refractivity contribution >= 4 is 15.9 Å². The van der Waals surface area contributed by atoms with Crippen LogP contribution in [0.2, 0.25) is 0 Å². The van der Waals surface area contributed by atoms with Gasteiger partial charge in [-0.15, -0.1) is 0 Å². The first-order valence-corrected chi connectivity index (χ1v) is 8.32. The molecule has 0 unspecified atom stereocenters. The first-order valence-electron chi connectivity index (χ1n) is 7.53. The van der Waals surface area contributed by atoms with E-state index in [1.54, 1.807) is 0 Å². The molecule has 0 bridgehead atoms. The lowest BCUT2D eigenvalue weighted by atomic mass is 10.1. The standard InChI is InChI=1S/C18H20BrNO/c1-2-13-3-9-17(10-4-13)21-18-11-15(19)6-5-14(18)12-20-16-7-8-16/h3-6,9-11,16,20H,2,7-8,12H2,1H3. The van der Waals surface area contributed by atoms with Gasteiger partial charge in [-0.25, -0.2) is 0 Å². The summed E-state index contributed by atoms with van der Waals surface area (Å²) in [6.45, 7) is 3.02. The van der Waals surface area contributed by atoms with Crippen LogP contribution in [0.15, 0.2) is 46.9 Å². The molecule has 0 aromatic heterocycles. The number of ether oxygens (including phenoxy) is 1. The molecule has 1 aliphatic carbocycles. The minimum Gasteiger partial charge on any atom is -0.457 e. The van der Waals surface area contributed by atoms with E-state index in [4.69, 9.17) is 4.74 Å². The molecule has 0 atom stereocenters. The zero-order valence-electron chi connectivity index (χ0n) is 12.2. The van der Waals surface area contributed by atoms with Crippen LogP contribution in [0, 0.1) is 0 Å². The monoisotopic (exact) mass is 345 g/mol. The van der Waals surface area contributed by atoms with Crippen molar-refractivity contribution in [2.45, 2.75) is 38.8 Å². The Kier molecular flexibility index (Phi) is 4.61. The number of aryl methyl sites for hydroxylation is 1. The summed E-state index contributed by atoms with van der Waals surface area (Å²) in [5.74, 6) is 1.81. The molecule has 1 saturated carbocycles. The van der Waals surface area contributed by atoms with Gasteiger partial charge in [0.2, 0.25) is 0 Å². The molecule has 0 aliphatic heterocycles. The van der Waals surface area contributed by atoms with Crippen molar-refractivity contribution < 1.29 is 4.74 Å². The third-order valence-corrected chi connectivity index (χ3v) is 4.24. The van der Waals surface area contributed by atoms with E-state index in [1.807, 2.05) is 18.2 Å². The van der Waals surface area contributed by atoms with Crippen molar-refractivity contribution in [3.63, 3.8) is 0 Å². The van der Waals surface area contributed by atoms with Gasteiger partial charge in [0.05, 0.1) is 0 Å². The molecule has 1 fully saturated rings. The summed E-state index contributed by atoms with van der Waals surface area (Å²) in [7, 11) is 0. The molecule has 3 heteroatoms. The molecule has 21 heavy (non-hydrogen) atoms. The van der Waals surface area contributed by atoms with Crippen LogP contribution in [0.3, 0.4) is 0 Å². The molecular weight excluding hydrogens is 326 g/mol. The highest BCUT2D eigenvalue weighted by Gasteiger charge is 2.20. The predicted molar refractivity (Wildman–Crippen MR) is 89.9 cm³/mol. The molecule has 0 saturated heterocycles. The van der Waals surface area contributed by atoms with E-state index < -0.39 is 0 Å². The highest BCUT2D eigenvalue weighted by Crippen LogP contribution is 2.30. The van der Waals surface area contributed by atoms with Gasteiger partial charge in [0.15, 0.2) is 0 Å². The van der Waals surface area contributed by atoms with Crippen molar-refractivity contribution in [3.8, 4) is 11.5 Å². The molecule has 1 N–H and O–H groups in total. The van der Waals surface area contributed by atoms with Crippen molar-refractivity contribution in [2.75, 3.05) is 0 Å². The molecule has 3 rings (SSSR count). The zero-order valence-corrected chi connectivity index (χ0v) is 13.8. The summed E-state index contributed by atoms with van der Waals surface area (Å²) in [4.78, 5) is 0. The quantitative estimate of drug-likeness (QED) is 0.790. The first kappa shape index (κ1) is 14.6. The lowest BCUT2D eigenvalue weighted by Crippen LogP contribution is -2.15. The van der Waals surface area contributed by atoms with Gasteiger partial charge in [-0.2, -0.15) is 0 Å². The Hall–Kier alpha value is -1.32. The van der Waals surface area contributed by atoms with Crippen LogP contribution in [0.4, 0.5) is 0 Å². The number of rotatable bonds is 6. The molecule has 0 heterocycles. The SMILES string of the molecule is CCc1ccc(Oc2cc(Br)ccc2CNC2CC2)cc1. The third-order valence-electron chi connectivity index (χ3n) is 3.75. The van der Waals surface area contributed by atoms with Crippen molar-refractivity contribution in [1.29, 1.82) is 0 Å². The maximum absolute atomic E-state index is 6.07. The Labute approximate surface area is 134 Å². The maximum atomic E-state index is 6.07. The lowest BCUT2D eigenvalue weighted by molar-refractivity contribution is 0.472. The van der Waals surface area contributed by atoms with Crippen molar-refractivity contribution in [1.82, 2.24) is 5.32 Å². The van der Waals surface area contributed by atoms with Crippen LogP contribution in [-0.2, 0) is 13.0 Å². The second kappa shape index (κ2) is 6.63. The summed E-state index contributed by atoms with van der Waals surface area (Å²) in [6.07, 6.45) is 3.64. The van der Waals surface area contributed by atoms with Crippen LogP contribution >= 0.6 is 15.9 Å². The van der Waals surface area contributed by atoms with Gasteiger partial charge < -0.3 is 10.1 Å². The van der Waals surface area contributed by atoms with Gasteiger partial charge in [-0.3, -0.25) is 0 Å². The molecule has 110 valence electrons. The van der Waals surface area contributed by atoms with Gasteiger partial charge in [-0.1, -0.05) is 41.1 Å². The molecule has 2 aromatic carbocycles. The average Bonchev–Trinajstić information content (AvgIpc) is 3.31. The van der Waals surface area contributed by atoms with E-state index in [0.29, 0.717) is 6.04 Å². The second-order valence-electron chi connectivity index (χ2n) is 5.51. The summed E-state index contributed by atoms with van der Waals surface area (Å²) in [5, 5.41) is 3.54. The largest absolute Gasteiger partial charge is 0.457 e. The molecule has 0 spiro atoms.